The number of anilines is 4. The summed E-state index contributed by atoms with van der Waals surface area (Å²) in [5, 5.41) is 5.99. The van der Waals surface area contributed by atoms with Gasteiger partial charge in [0.1, 0.15) is 5.69 Å². The van der Waals surface area contributed by atoms with E-state index in [0.717, 1.165) is 6.42 Å². The monoisotopic (exact) mass is 222 g/mol. The summed E-state index contributed by atoms with van der Waals surface area (Å²) in [5.41, 5.74) is 11.9. The van der Waals surface area contributed by atoms with Crippen LogP contribution in [0.15, 0.2) is 12.8 Å². The average Bonchev–Trinajstić information content (AvgIpc) is 2.25. The summed E-state index contributed by atoms with van der Waals surface area (Å²) in [7, 11) is 0. The molecule has 88 valence electrons. The van der Waals surface area contributed by atoms with E-state index in [9.17, 15) is 0 Å². The Bertz CT molecular complexity index is 376. The lowest BCUT2D eigenvalue weighted by molar-refractivity contribution is 0.759. The van der Waals surface area contributed by atoms with Gasteiger partial charge in [0.2, 0.25) is 5.95 Å². The van der Waals surface area contributed by atoms with Crippen molar-refractivity contribution in [3.05, 3.63) is 12.8 Å². The maximum atomic E-state index is 5.89. The molecule has 0 bridgehead atoms. The number of nitrogens with two attached hydrogens (primary N) is 2. The summed E-state index contributed by atoms with van der Waals surface area (Å²) in [6, 6.07) is 0.271. The number of nitrogens with one attached hydrogen (secondary N) is 2. The summed E-state index contributed by atoms with van der Waals surface area (Å²) in [4.78, 5) is 8.04. The Morgan fingerprint density at radius 1 is 1.38 bits per heavy atom. The van der Waals surface area contributed by atoms with Gasteiger partial charge in [0, 0.05) is 6.04 Å². The second-order valence-electron chi connectivity index (χ2n) is 3.49. The highest BCUT2D eigenvalue weighted by atomic mass is 15.2. The van der Waals surface area contributed by atoms with Crippen LogP contribution in [0.1, 0.15) is 20.3 Å². The minimum Gasteiger partial charge on any atom is -0.393 e. The number of aromatic nitrogens is 2. The maximum absolute atomic E-state index is 5.89. The summed E-state index contributed by atoms with van der Waals surface area (Å²) in [6.07, 6.45) is 2.46. The molecular weight excluding hydrogens is 204 g/mol. The van der Waals surface area contributed by atoms with Crippen molar-refractivity contribution in [3.63, 3.8) is 0 Å². The summed E-state index contributed by atoms with van der Waals surface area (Å²) < 4.78 is 0. The van der Waals surface area contributed by atoms with Gasteiger partial charge < -0.3 is 22.1 Å². The van der Waals surface area contributed by atoms with E-state index in [0.29, 0.717) is 17.3 Å². The van der Waals surface area contributed by atoms with Crippen LogP contribution in [0.4, 0.5) is 23.3 Å². The van der Waals surface area contributed by atoms with Gasteiger partial charge >= 0.3 is 0 Å². The molecule has 0 aliphatic carbocycles. The predicted octanol–water partition coefficient (Wildman–Crippen LogP) is 1.41. The van der Waals surface area contributed by atoms with E-state index in [4.69, 9.17) is 11.5 Å². The largest absolute Gasteiger partial charge is 0.393 e. The molecule has 1 aromatic heterocycles. The smallest absolute Gasteiger partial charge is 0.224 e. The molecule has 0 radical (unpaired) electrons. The van der Waals surface area contributed by atoms with Crippen LogP contribution in [0, 0.1) is 0 Å². The summed E-state index contributed by atoms with van der Waals surface area (Å²) in [5.74, 6) is 1.18. The van der Waals surface area contributed by atoms with E-state index in [1.807, 2.05) is 6.92 Å². The lowest BCUT2D eigenvalue weighted by Crippen LogP contribution is -2.17. The zero-order valence-corrected chi connectivity index (χ0v) is 9.62. The summed E-state index contributed by atoms with van der Waals surface area (Å²) >= 11 is 0. The second kappa shape index (κ2) is 5.20. The van der Waals surface area contributed by atoms with Gasteiger partial charge in [-0.15, -0.1) is 0 Å². The quantitative estimate of drug-likeness (QED) is 0.600. The average molecular weight is 222 g/mol. The van der Waals surface area contributed by atoms with Gasteiger partial charge in [-0.1, -0.05) is 13.5 Å². The number of rotatable bonds is 5. The van der Waals surface area contributed by atoms with Crippen LogP contribution < -0.4 is 22.1 Å². The molecule has 0 fully saturated rings. The SMILES string of the molecule is C=CNc1nc(N)nc(N[C@@H](C)CC)c1N. The molecule has 0 unspecified atom stereocenters. The molecule has 1 heterocycles. The van der Waals surface area contributed by atoms with E-state index < -0.39 is 0 Å². The number of nitrogen functional groups attached to an aromatic ring is 2. The van der Waals surface area contributed by atoms with Gasteiger partial charge in [0.15, 0.2) is 11.6 Å². The fraction of sp³-hybridized carbons (Fsp3) is 0.400. The Kier molecular flexibility index (Phi) is 3.93. The molecule has 0 saturated carbocycles. The van der Waals surface area contributed by atoms with E-state index in [1.165, 1.54) is 6.20 Å². The van der Waals surface area contributed by atoms with Crippen LogP contribution >= 0.6 is 0 Å². The Labute approximate surface area is 95.2 Å². The predicted molar refractivity (Wildman–Crippen MR) is 68.1 cm³/mol. The van der Waals surface area contributed by atoms with Crippen molar-refractivity contribution in [2.24, 2.45) is 0 Å². The molecule has 6 N–H and O–H groups in total. The van der Waals surface area contributed by atoms with Crippen molar-refractivity contribution < 1.29 is 0 Å². The van der Waals surface area contributed by atoms with Crippen LogP contribution in [0.2, 0.25) is 0 Å². The highest BCUT2D eigenvalue weighted by Gasteiger charge is 2.11. The van der Waals surface area contributed by atoms with Crippen LogP contribution in [-0.4, -0.2) is 16.0 Å². The number of hydrogen-bond donors (Lipinski definition) is 4. The van der Waals surface area contributed by atoms with Gasteiger partial charge in [-0.3, -0.25) is 0 Å². The van der Waals surface area contributed by atoms with E-state index in [2.05, 4.69) is 34.1 Å². The normalized spacial score (nSPS) is 11.9. The Morgan fingerprint density at radius 2 is 2.00 bits per heavy atom. The minimum absolute atomic E-state index is 0.171. The molecule has 0 saturated heterocycles. The van der Waals surface area contributed by atoms with Crippen molar-refractivity contribution in [1.82, 2.24) is 9.97 Å². The first-order valence-electron chi connectivity index (χ1n) is 5.15. The Hall–Kier alpha value is -1.98. The van der Waals surface area contributed by atoms with Crippen LogP contribution in [0.25, 0.3) is 0 Å². The fourth-order valence-corrected chi connectivity index (χ4v) is 1.14. The highest BCUT2D eigenvalue weighted by molar-refractivity contribution is 5.76. The van der Waals surface area contributed by atoms with Crippen LogP contribution in [0.5, 0.6) is 0 Å². The summed E-state index contributed by atoms with van der Waals surface area (Å²) in [6.45, 7) is 7.66. The molecule has 1 atom stereocenters. The Balaban J connectivity index is 3.03. The molecule has 1 aromatic rings. The molecule has 0 aliphatic rings. The zero-order valence-electron chi connectivity index (χ0n) is 9.62. The number of hydrogen-bond acceptors (Lipinski definition) is 6. The first-order chi connectivity index (χ1) is 7.58. The molecular formula is C10H18N6. The standard InChI is InChI=1S/C10H18N6/c1-4-6(3)14-9-7(11)8(13-5-2)15-10(12)16-9/h5-6H,2,4,11H2,1,3H3,(H4,12,13,14,15,16)/t6-/m0/s1. The van der Waals surface area contributed by atoms with Crippen molar-refractivity contribution in [2.75, 3.05) is 22.1 Å². The van der Waals surface area contributed by atoms with Crippen molar-refractivity contribution >= 4 is 23.3 Å². The third-order valence-electron chi connectivity index (χ3n) is 2.20. The topological polar surface area (TPSA) is 102 Å². The lowest BCUT2D eigenvalue weighted by atomic mass is 10.2. The van der Waals surface area contributed by atoms with Gasteiger partial charge in [0.25, 0.3) is 0 Å². The Morgan fingerprint density at radius 3 is 2.56 bits per heavy atom. The van der Waals surface area contributed by atoms with E-state index in [-0.39, 0.29) is 12.0 Å². The molecule has 0 amide bonds. The van der Waals surface area contributed by atoms with Gasteiger partial charge in [-0.25, -0.2) is 0 Å². The second-order valence-corrected chi connectivity index (χ2v) is 3.49. The van der Waals surface area contributed by atoms with E-state index >= 15 is 0 Å². The maximum Gasteiger partial charge on any atom is 0.224 e. The molecule has 0 aliphatic heterocycles. The van der Waals surface area contributed by atoms with Crippen molar-refractivity contribution in [2.45, 2.75) is 26.3 Å². The molecule has 6 heteroatoms. The van der Waals surface area contributed by atoms with Crippen LogP contribution in [-0.2, 0) is 0 Å². The van der Waals surface area contributed by atoms with E-state index in [1.54, 1.807) is 0 Å². The van der Waals surface area contributed by atoms with Gasteiger partial charge in [-0.2, -0.15) is 9.97 Å². The molecule has 0 spiro atoms. The first kappa shape index (κ1) is 12.1. The van der Waals surface area contributed by atoms with Crippen molar-refractivity contribution in [3.8, 4) is 0 Å². The third-order valence-corrected chi connectivity index (χ3v) is 2.20. The fourth-order valence-electron chi connectivity index (χ4n) is 1.14. The van der Waals surface area contributed by atoms with Crippen molar-refractivity contribution in [1.29, 1.82) is 0 Å². The van der Waals surface area contributed by atoms with Gasteiger partial charge in [0.05, 0.1) is 0 Å². The molecule has 6 nitrogen and oxygen atoms in total. The first-order valence-corrected chi connectivity index (χ1v) is 5.15. The highest BCUT2D eigenvalue weighted by Crippen LogP contribution is 2.25. The van der Waals surface area contributed by atoms with Crippen LogP contribution in [0.3, 0.4) is 0 Å². The molecule has 16 heavy (non-hydrogen) atoms. The zero-order chi connectivity index (χ0) is 12.1. The molecule has 0 aromatic carbocycles. The molecule has 1 rings (SSSR count). The number of nitrogens with zero attached hydrogens (tertiary/aromatic N) is 2. The minimum atomic E-state index is 0.171. The lowest BCUT2D eigenvalue weighted by Gasteiger charge is -2.15. The van der Waals surface area contributed by atoms with Gasteiger partial charge in [-0.05, 0) is 19.5 Å². The third kappa shape index (κ3) is 2.75.